The van der Waals surface area contributed by atoms with Crippen LogP contribution in [0, 0.1) is 6.92 Å². The van der Waals surface area contributed by atoms with Crippen molar-refractivity contribution in [2.24, 2.45) is 0 Å². The predicted octanol–water partition coefficient (Wildman–Crippen LogP) is 7.48. The highest BCUT2D eigenvalue weighted by atomic mass is 16.7. The van der Waals surface area contributed by atoms with Crippen LogP contribution >= 0.6 is 0 Å². The molecule has 0 saturated carbocycles. The average molecular weight is 858 g/mol. The van der Waals surface area contributed by atoms with Gasteiger partial charge in [0, 0.05) is 84.7 Å². The minimum atomic E-state index is -0.322. The summed E-state index contributed by atoms with van der Waals surface area (Å²) in [7, 11) is 7.56. The summed E-state index contributed by atoms with van der Waals surface area (Å²) >= 11 is 0. The zero-order valence-corrected chi connectivity index (χ0v) is 37.9. The predicted molar refractivity (Wildman–Crippen MR) is 253 cm³/mol. The molecule has 5 heterocycles. The number of H-pyrrole nitrogens is 2. The molecule has 2 aromatic rings. The van der Waals surface area contributed by atoms with Crippen molar-refractivity contribution in [3.63, 3.8) is 0 Å². The van der Waals surface area contributed by atoms with Gasteiger partial charge in [-0.1, -0.05) is 80.0 Å². The van der Waals surface area contributed by atoms with Crippen LogP contribution in [0.4, 0.5) is 22.7 Å². The molecule has 1 amide bonds. The summed E-state index contributed by atoms with van der Waals surface area (Å²) in [4.78, 5) is 56.8. The first-order valence-corrected chi connectivity index (χ1v) is 22.0. The lowest BCUT2D eigenvalue weighted by Crippen LogP contribution is -2.50. The van der Waals surface area contributed by atoms with E-state index in [0.29, 0.717) is 30.9 Å². The number of aromatic amines is 2. The van der Waals surface area contributed by atoms with Gasteiger partial charge < -0.3 is 35.3 Å². The number of nitrogens with zero attached hydrogens (tertiary/aromatic N) is 5. The quantitative estimate of drug-likeness (QED) is 0.0985. The van der Waals surface area contributed by atoms with E-state index in [2.05, 4.69) is 51.3 Å². The average Bonchev–Trinajstić information content (AvgIpc) is 3.92. The molecule has 2 fully saturated rings. The van der Waals surface area contributed by atoms with Gasteiger partial charge in [0.15, 0.2) is 18.8 Å². The molecule has 0 bridgehead atoms. The van der Waals surface area contributed by atoms with Gasteiger partial charge in [-0.3, -0.25) is 14.4 Å². The first-order valence-electron chi connectivity index (χ1n) is 22.0. The molecule has 5 N–H and O–H groups in total. The van der Waals surface area contributed by atoms with Gasteiger partial charge >= 0.3 is 0 Å². The van der Waals surface area contributed by atoms with Gasteiger partial charge in [0.25, 0.3) is 23.7 Å². The van der Waals surface area contributed by atoms with Crippen molar-refractivity contribution in [3.8, 4) is 22.5 Å². The van der Waals surface area contributed by atoms with E-state index in [1.165, 1.54) is 0 Å². The molecule has 4 unspecified atom stereocenters. The fraction of sp³-hybridized carbons (Fsp3) is 0.367. The lowest BCUT2D eigenvalue weighted by atomic mass is 9.98. The van der Waals surface area contributed by atoms with Crippen LogP contribution in [-0.4, -0.2) is 110 Å². The zero-order chi connectivity index (χ0) is 45.1. The number of amides is 1. The molecule has 63 heavy (non-hydrogen) atoms. The molecule has 4 atom stereocenters. The maximum atomic E-state index is 13.2. The van der Waals surface area contributed by atoms with Crippen LogP contribution in [0.2, 0.25) is 0 Å². The van der Waals surface area contributed by atoms with Crippen LogP contribution < -0.4 is 31.3 Å². The molecule has 2 aliphatic carbocycles. The zero-order valence-electron chi connectivity index (χ0n) is 37.9. The number of hydroxylamine groups is 5. The lowest BCUT2D eigenvalue weighted by Gasteiger charge is -2.33. The first kappa shape index (κ1) is 45.0. The Bertz CT molecular complexity index is 2600. The number of fused-ring (bicyclic) bond motifs is 3. The number of piperazine rings is 1. The Labute approximate surface area is 370 Å². The van der Waals surface area contributed by atoms with Crippen molar-refractivity contribution >= 4 is 28.7 Å². The summed E-state index contributed by atoms with van der Waals surface area (Å²) in [5.41, 5.74) is 10.4. The van der Waals surface area contributed by atoms with Crippen LogP contribution in [0.15, 0.2) is 107 Å². The summed E-state index contributed by atoms with van der Waals surface area (Å²) in [5, 5.41) is 17.3. The minimum Gasteiger partial charge on any atom is -0.367 e. The van der Waals surface area contributed by atoms with E-state index in [-0.39, 0.29) is 38.5 Å². The van der Waals surface area contributed by atoms with Crippen LogP contribution in [-0.2, 0) is 4.84 Å². The number of carbonyl (C=O) groups is 1. The molecule has 2 saturated heterocycles. The number of hydrogen-bond acceptors (Lipinski definition) is 9. The van der Waals surface area contributed by atoms with E-state index in [1.807, 2.05) is 123 Å². The number of rotatable bonds is 8. The number of carbonyl (C=O) groups excluding carboxylic acids is 1. The topological polar surface area (TPSA) is 146 Å². The molecule has 14 nitrogen and oxygen atoms in total. The van der Waals surface area contributed by atoms with Crippen LogP contribution in [0.5, 0.6) is 0 Å². The number of nitrogens with one attached hydrogen (secondary N) is 4. The Morgan fingerprint density at radius 3 is 2.13 bits per heavy atom. The van der Waals surface area contributed by atoms with Gasteiger partial charge in [-0.15, -0.1) is 4.65 Å². The van der Waals surface area contributed by atoms with Crippen molar-refractivity contribution in [2.45, 2.75) is 46.3 Å². The van der Waals surface area contributed by atoms with Gasteiger partial charge in [-0.2, -0.15) is 4.84 Å². The van der Waals surface area contributed by atoms with Crippen molar-refractivity contribution in [3.05, 3.63) is 140 Å². The summed E-state index contributed by atoms with van der Waals surface area (Å²) < 4.78 is 0.174. The van der Waals surface area contributed by atoms with E-state index in [1.54, 1.807) is 14.2 Å². The Hall–Kier alpha value is -6.03. The summed E-state index contributed by atoms with van der Waals surface area (Å²) in [6.45, 7) is 13.2. The highest BCUT2D eigenvalue weighted by Crippen LogP contribution is 2.42. The maximum Gasteiger partial charge on any atom is 0.271 e. The SMILES string of the molecule is CC.CCC(c1c2cccccc-2[nH]c1=O)N(C)c1cc(C(=O)N2CCN(C)CC2)ccc1C.CO[N+]1(c2ccc3c(c2)NC(c2c4cccccc-4[nH]c2=O)N3)CC[N+](C)(O)C1. The van der Waals surface area contributed by atoms with E-state index in [0.717, 1.165) is 89.0 Å². The number of likely N-dealkylation sites (N-methyl/N-ethyl adjacent to an activating group) is 2. The number of aryl methyl sites for hydroxylation is 1. The highest BCUT2D eigenvalue weighted by molar-refractivity contribution is 5.95. The van der Waals surface area contributed by atoms with Crippen LogP contribution in [0.1, 0.15) is 66.4 Å². The second-order valence-corrected chi connectivity index (χ2v) is 16.8. The Morgan fingerprint density at radius 1 is 0.841 bits per heavy atom. The largest absolute Gasteiger partial charge is 0.367 e. The maximum absolute atomic E-state index is 13.2. The number of quaternary nitrogens is 2. The lowest BCUT2D eigenvalue weighted by molar-refractivity contribution is -1.08. The fourth-order valence-corrected chi connectivity index (χ4v) is 9.18. The molecule has 7 aliphatic rings. The fourth-order valence-electron chi connectivity index (χ4n) is 9.18. The second-order valence-electron chi connectivity index (χ2n) is 16.8. The van der Waals surface area contributed by atoms with Gasteiger partial charge in [-0.25, -0.2) is 5.21 Å². The monoisotopic (exact) mass is 857 g/mol. The molecule has 14 heteroatoms. The van der Waals surface area contributed by atoms with Gasteiger partial charge in [-0.05, 0) is 56.3 Å². The third kappa shape index (κ3) is 9.08. The van der Waals surface area contributed by atoms with E-state index in [4.69, 9.17) is 4.84 Å². The molecular formula is C49H63N9O5+2. The van der Waals surface area contributed by atoms with Gasteiger partial charge in [0.05, 0.1) is 30.1 Å². The molecule has 0 radical (unpaired) electrons. The standard InChI is InChI=1S/C26H32N4O2.C21H24N5O3.C2H6/c1-5-22(24-20-9-7-6-8-10-21(20)27-25(24)31)29(4)23-17-19(12-11-18(23)2)26(32)30-15-13-28(3)14-16-30;1-25(28)10-11-26(13-25,29-2)14-8-9-17-18(12-14)23-20(22-17)19-15-6-4-3-5-7-16(15)24-21(19)27;1-2/h6-12,17,22H,5,13-16H2,1-4H3,(H,27,31);3-9,12,20,22-23,28H,10-11,13H2,1-2H3;1-2H3/q;+1;/p+1. The molecule has 9 rings (SSSR count). The van der Waals surface area contributed by atoms with Crippen molar-refractivity contribution < 1.29 is 19.5 Å². The highest BCUT2D eigenvalue weighted by Gasteiger charge is 2.50. The summed E-state index contributed by atoms with van der Waals surface area (Å²) in [6, 6.07) is 31.3. The Balaban J connectivity index is 0.000000183. The minimum absolute atomic E-state index is 0.0489. The molecule has 5 aliphatic heterocycles. The molecule has 0 aromatic heterocycles. The van der Waals surface area contributed by atoms with Crippen molar-refractivity contribution in [1.29, 1.82) is 0 Å². The second kappa shape index (κ2) is 18.8. The molecule has 332 valence electrons. The number of anilines is 3. The molecule has 0 spiro atoms. The summed E-state index contributed by atoms with van der Waals surface area (Å²) in [6.07, 6.45) is 0.449. The normalized spacial score (nSPS) is 21.0. The smallest absolute Gasteiger partial charge is 0.271 e. The van der Waals surface area contributed by atoms with E-state index in [9.17, 15) is 19.6 Å². The third-order valence-corrected chi connectivity index (χ3v) is 12.6. The van der Waals surface area contributed by atoms with Crippen LogP contribution in [0.3, 0.4) is 0 Å². The Morgan fingerprint density at radius 2 is 1.48 bits per heavy atom. The summed E-state index contributed by atoms with van der Waals surface area (Å²) in [5.74, 6) is 0.0735. The number of aromatic nitrogens is 2. The Kier molecular flexibility index (Phi) is 13.4. The van der Waals surface area contributed by atoms with Gasteiger partial charge in [0.1, 0.15) is 13.2 Å². The van der Waals surface area contributed by atoms with Crippen molar-refractivity contribution in [2.75, 3.05) is 89.7 Å². The number of hydrogen-bond donors (Lipinski definition) is 5. The van der Waals surface area contributed by atoms with E-state index >= 15 is 0 Å². The molecular weight excluding hydrogens is 795 g/mol. The third-order valence-electron chi connectivity index (χ3n) is 12.6. The van der Waals surface area contributed by atoms with E-state index < -0.39 is 0 Å². The van der Waals surface area contributed by atoms with Crippen molar-refractivity contribution in [1.82, 2.24) is 24.4 Å². The molecule has 2 aromatic carbocycles. The number of benzene rings is 2. The first-order chi connectivity index (χ1) is 30.3. The van der Waals surface area contributed by atoms with Gasteiger partial charge in [0.2, 0.25) is 0 Å². The van der Waals surface area contributed by atoms with Crippen LogP contribution in [0.25, 0.3) is 22.5 Å².